The van der Waals surface area contributed by atoms with E-state index in [0.29, 0.717) is 0 Å². The predicted molar refractivity (Wildman–Crippen MR) is 41.3 cm³/mol. The third kappa shape index (κ3) is 1.96. The molecule has 0 aromatic rings. The highest BCUT2D eigenvalue weighted by atomic mass is 16.7. The Kier molecular flexibility index (Phi) is 3.16. The zero-order valence-corrected chi connectivity index (χ0v) is 6.68. The Morgan fingerprint density at radius 3 is 3.10 bits per heavy atom. The molecule has 1 heterocycles. The molecule has 0 aromatic carbocycles. The minimum atomic E-state index is 0.758. The molecule has 0 amide bonds. The van der Waals surface area contributed by atoms with Crippen LogP contribution >= 0.6 is 0 Å². The summed E-state index contributed by atoms with van der Waals surface area (Å²) in [7, 11) is 1.74. The average molecular weight is 142 g/mol. The van der Waals surface area contributed by atoms with Crippen LogP contribution < -0.4 is 0 Å². The van der Waals surface area contributed by atoms with Gasteiger partial charge in [0.25, 0.3) is 0 Å². The molecule has 1 unspecified atom stereocenters. The van der Waals surface area contributed by atoms with Gasteiger partial charge in [-0.25, -0.2) is 0 Å². The Hall–Kier alpha value is -0.0800. The molecule has 0 spiro atoms. The molecule has 0 bridgehead atoms. The van der Waals surface area contributed by atoms with Crippen molar-refractivity contribution in [2.75, 3.05) is 20.2 Å². The molecule has 2 nitrogen and oxygen atoms in total. The van der Waals surface area contributed by atoms with Crippen LogP contribution in [0, 0.1) is 12.8 Å². The van der Waals surface area contributed by atoms with E-state index in [1.54, 1.807) is 7.11 Å². The van der Waals surface area contributed by atoms with Crippen molar-refractivity contribution in [3.8, 4) is 0 Å². The second-order valence-corrected chi connectivity index (χ2v) is 2.87. The van der Waals surface area contributed by atoms with Crippen molar-refractivity contribution >= 4 is 0 Å². The smallest absolute Gasteiger partial charge is 0.0575 e. The van der Waals surface area contributed by atoms with Crippen LogP contribution in [0.2, 0.25) is 0 Å². The lowest BCUT2D eigenvalue weighted by atomic mass is 9.97. The van der Waals surface area contributed by atoms with Gasteiger partial charge in [0, 0.05) is 13.1 Å². The van der Waals surface area contributed by atoms with Gasteiger partial charge in [0.2, 0.25) is 0 Å². The minimum absolute atomic E-state index is 0.758. The van der Waals surface area contributed by atoms with Gasteiger partial charge < -0.3 is 4.84 Å². The molecule has 2 heteroatoms. The molecule has 0 aromatic heterocycles. The molecule has 0 saturated carbocycles. The number of nitrogens with zero attached hydrogens (tertiary/aromatic N) is 1. The quantitative estimate of drug-likeness (QED) is 0.579. The van der Waals surface area contributed by atoms with E-state index in [-0.39, 0.29) is 0 Å². The summed E-state index contributed by atoms with van der Waals surface area (Å²) < 4.78 is 0. The van der Waals surface area contributed by atoms with Crippen molar-refractivity contribution in [3.05, 3.63) is 6.92 Å². The first-order valence-electron chi connectivity index (χ1n) is 3.95. The van der Waals surface area contributed by atoms with Crippen LogP contribution in [-0.4, -0.2) is 25.3 Å². The number of hydrogen-bond acceptors (Lipinski definition) is 2. The fourth-order valence-electron chi connectivity index (χ4n) is 1.43. The second kappa shape index (κ2) is 3.94. The fraction of sp³-hybridized carbons (Fsp3) is 0.875. The van der Waals surface area contributed by atoms with Crippen molar-refractivity contribution in [2.24, 2.45) is 5.92 Å². The lowest BCUT2D eigenvalue weighted by Crippen LogP contribution is -2.34. The summed E-state index contributed by atoms with van der Waals surface area (Å²) in [6.45, 7) is 6.06. The van der Waals surface area contributed by atoms with E-state index >= 15 is 0 Å². The molecule has 10 heavy (non-hydrogen) atoms. The maximum Gasteiger partial charge on any atom is 0.0575 e. The summed E-state index contributed by atoms with van der Waals surface area (Å²) in [5.41, 5.74) is 0. The molecule has 1 fully saturated rings. The molecule has 59 valence electrons. The van der Waals surface area contributed by atoms with Gasteiger partial charge in [0.05, 0.1) is 7.11 Å². The van der Waals surface area contributed by atoms with Gasteiger partial charge in [-0.05, 0) is 25.2 Å². The molecule has 0 N–H and O–H groups in total. The van der Waals surface area contributed by atoms with E-state index in [2.05, 4.69) is 6.92 Å². The highest BCUT2D eigenvalue weighted by Crippen LogP contribution is 2.18. The van der Waals surface area contributed by atoms with Crippen LogP contribution in [0.15, 0.2) is 0 Å². The molecule has 1 radical (unpaired) electrons. The largest absolute Gasteiger partial charge is 0.302 e. The topological polar surface area (TPSA) is 12.5 Å². The molecular formula is C8H16NO. The van der Waals surface area contributed by atoms with Crippen LogP contribution in [0.3, 0.4) is 0 Å². The van der Waals surface area contributed by atoms with Crippen LogP contribution in [0.5, 0.6) is 0 Å². The second-order valence-electron chi connectivity index (χ2n) is 2.87. The van der Waals surface area contributed by atoms with Gasteiger partial charge in [-0.15, -0.1) is 0 Å². The number of hydroxylamine groups is 2. The van der Waals surface area contributed by atoms with Gasteiger partial charge in [-0.1, -0.05) is 6.92 Å². The molecule has 1 atom stereocenters. The van der Waals surface area contributed by atoms with Crippen LogP contribution in [0.4, 0.5) is 0 Å². The Bertz CT molecular complexity index is 85.3. The Morgan fingerprint density at radius 1 is 1.70 bits per heavy atom. The maximum absolute atomic E-state index is 5.13. The maximum atomic E-state index is 5.13. The standard InChI is InChI=1S/C8H16NO/c1-3-8-5-4-6-9(7-8)10-2/h8H,1,3-7H2,2H3. The van der Waals surface area contributed by atoms with E-state index in [4.69, 9.17) is 4.84 Å². The van der Waals surface area contributed by atoms with Crippen molar-refractivity contribution in [2.45, 2.75) is 19.3 Å². The summed E-state index contributed by atoms with van der Waals surface area (Å²) >= 11 is 0. The third-order valence-electron chi connectivity index (χ3n) is 2.15. The zero-order chi connectivity index (χ0) is 7.40. The van der Waals surface area contributed by atoms with Crippen molar-refractivity contribution < 1.29 is 4.84 Å². The summed E-state index contributed by atoms with van der Waals surface area (Å²) in [4.78, 5) is 5.13. The van der Waals surface area contributed by atoms with E-state index in [9.17, 15) is 0 Å². The first-order chi connectivity index (χ1) is 4.86. The summed E-state index contributed by atoms with van der Waals surface area (Å²) in [6, 6.07) is 0. The third-order valence-corrected chi connectivity index (χ3v) is 2.15. The van der Waals surface area contributed by atoms with Crippen LogP contribution in [0.1, 0.15) is 19.3 Å². The predicted octanol–water partition coefficient (Wildman–Crippen LogP) is 1.48. The van der Waals surface area contributed by atoms with Gasteiger partial charge >= 0.3 is 0 Å². The van der Waals surface area contributed by atoms with Crippen molar-refractivity contribution in [1.29, 1.82) is 0 Å². The summed E-state index contributed by atoms with van der Waals surface area (Å²) in [6.07, 6.45) is 3.62. The molecule has 1 aliphatic heterocycles. The van der Waals surface area contributed by atoms with E-state index in [1.807, 2.05) is 5.06 Å². The number of piperidine rings is 1. The van der Waals surface area contributed by atoms with Crippen molar-refractivity contribution in [1.82, 2.24) is 5.06 Å². The average Bonchev–Trinajstić information content (AvgIpc) is 2.05. The Labute approximate surface area is 63.1 Å². The van der Waals surface area contributed by atoms with Gasteiger partial charge in [-0.2, -0.15) is 5.06 Å². The summed E-state index contributed by atoms with van der Waals surface area (Å²) in [5, 5.41) is 2.03. The lowest BCUT2D eigenvalue weighted by Gasteiger charge is -2.29. The number of hydrogen-bond donors (Lipinski definition) is 0. The van der Waals surface area contributed by atoms with E-state index in [0.717, 1.165) is 25.4 Å². The molecule has 1 saturated heterocycles. The monoisotopic (exact) mass is 142 g/mol. The highest BCUT2D eigenvalue weighted by molar-refractivity contribution is 4.68. The molecule has 1 rings (SSSR count). The van der Waals surface area contributed by atoms with E-state index < -0.39 is 0 Å². The Morgan fingerprint density at radius 2 is 2.50 bits per heavy atom. The molecular weight excluding hydrogens is 126 g/mol. The lowest BCUT2D eigenvalue weighted by molar-refractivity contribution is -0.152. The first kappa shape index (κ1) is 8.02. The zero-order valence-electron chi connectivity index (χ0n) is 6.68. The fourth-order valence-corrected chi connectivity index (χ4v) is 1.43. The first-order valence-corrected chi connectivity index (χ1v) is 3.95. The van der Waals surface area contributed by atoms with Gasteiger partial charge in [-0.3, -0.25) is 0 Å². The molecule has 1 aliphatic rings. The van der Waals surface area contributed by atoms with Crippen LogP contribution in [-0.2, 0) is 4.84 Å². The Balaban J connectivity index is 2.25. The van der Waals surface area contributed by atoms with Gasteiger partial charge in [0.15, 0.2) is 0 Å². The normalized spacial score (nSPS) is 28.8. The molecule has 0 aliphatic carbocycles. The highest BCUT2D eigenvalue weighted by Gasteiger charge is 2.17. The SMILES string of the molecule is [CH2]CC1CCCN(OC)C1. The summed E-state index contributed by atoms with van der Waals surface area (Å²) in [5.74, 6) is 0.758. The van der Waals surface area contributed by atoms with Crippen molar-refractivity contribution in [3.63, 3.8) is 0 Å². The number of rotatable bonds is 2. The van der Waals surface area contributed by atoms with Gasteiger partial charge in [0.1, 0.15) is 0 Å². The minimum Gasteiger partial charge on any atom is -0.302 e. The van der Waals surface area contributed by atoms with E-state index in [1.165, 1.54) is 12.8 Å². The van der Waals surface area contributed by atoms with Crippen LogP contribution in [0.25, 0.3) is 0 Å².